The number of amides is 2. The molecule has 0 radical (unpaired) electrons. The molecule has 27 heavy (non-hydrogen) atoms. The first-order valence-corrected chi connectivity index (χ1v) is 10.4. The standard InChI is InChI=1S/C18H24N4O4S/c23-13-4-3-9-22(13)15-14(16(24)20-7-1-2-8-20)27-18(19-15)21-10-5-12(6-11-21)17(25)26/h12H,1-11H2,(H,25,26). The van der Waals surface area contributed by atoms with Crippen molar-refractivity contribution in [2.24, 2.45) is 5.92 Å². The number of aliphatic carboxylic acids is 1. The fraction of sp³-hybridized carbons (Fsp3) is 0.667. The van der Waals surface area contributed by atoms with Crippen LogP contribution in [0.4, 0.5) is 10.9 Å². The Kier molecular flexibility index (Phi) is 5.03. The molecule has 0 aromatic carbocycles. The number of hydrogen-bond donors (Lipinski definition) is 1. The molecule has 9 heteroatoms. The summed E-state index contributed by atoms with van der Waals surface area (Å²) in [4.78, 5) is 47.2. The van der Waals surface area contributed by atoms with Crippen molar-refractivity contribution < 1.29 is 19.5 Å². The van der Waals surface area contributed by atoms with Gasteiger partial charge in [-0.25, -0.2) is 4.98 Å². The fourth-order valence-corrected chi connectivity index (χ4v) is 5.10. The molecule has 3 fully saturated rings. The first-order valence-electron chi connectivity index (χ1n) is 9.63. The highest BCUT2D eigenvalue weighted by Crippen LogP contribution is 2.37. The largest absolute Gasteiger partial charge is 0.481 e. The van der Waals surface area contributed by atoms with Gasteiger partial charge in [0.05, 0.1) is 5.92 Å². The molecule has 0 saturated carbocycles. The summed E-state index contributed by atoms with van der Waals surface area (Å²) in [6.07, 6.45) is 4.45. The highest BCUT2D eigenvalue weighted by atomic mass is 32.1. The van der Waals surface area contributed by atoms with Crippen LogP contribution in [-0.4, -0.2) is 65.5 Å². The number of anilines is 2. The Hall–Kier alpha value is -2.16. The first-order chi connectivity index (χ1) is 13.0. The Morgan fingerprint density at radius 2 is 1.74 bits per heavy atom. The van der Waals surface area contributed by atoms with Crippen molar-refractivity contribution in [2.45, 2.75) is 38.5 Å². The van der Waals surface area contributed by atoms with Crippen LogP contribution in [0.5, 0.6) is 0 Å². The fourth-order valence-electron chi connectivity index (χ4n) is 4.01. The van der Waals surface area contributed by atoms with E-state index < -0.39 is 5.97 Å². The van der Waals surface area contributed by atoms with Crippen LogP contribution < -0.4 is 9.80 Å². The van der Waals surface area contributed by atoms with E-state index in [4.69, 9.17) is 0 Å². The van der Waals surface area contributed by atoms with Crippen molar-refractivity contribution >= 4 is 40.1 Å². The Bertz CT molecular complexity index is 751. The molecular formula is C18H24N4O4S. The van der Waals surface area contributed by atoms with Crippen LogP contribution in [0.3, 0.4) is 0 Å². The van der Waals surface area contributed by atoms with Gasteiger partial charge in [0.2, 0.25) is 5.91 Å². The van der Waals surface area contributed by atoms with Crippen molar-refractivity contribution in [1.29, 1.82) is 0 Å². The molecule has 4 rings (SSSR count). The molecule has 3 aliphatic rings. The number of hydrogen-bond acceptors (Lipinski definition) is 6. The third kappa shape index (κ3) is 3.52. The predicted molar refractivity (Wildman–Crippen MR) is 101 cm³/mol. The van der Waals surface area contributed by atoms with Gasteiger partial charge in [-0.05, 0) is 32.1 Å². The van der Waals surface area contributed by atoms with Crippen LogP contribution in [0, 0.1) is 5.92 Å². The molecule has 1 N–H and O–H groups in total. The molecule has 0 unspecified atom stereocenters. The van der Waals surface area contributed by atoms with Gasteiger partial charge in [-0.2, -0.15) is 0 Å². The van der Waals surface area contributed by atoms with Gasteiger partial charge in [-0.15, -0.1) is 0 Å². The number of rotatable bonds is 4. The van der Waals surface area contributed by atoms with Crippen LogP contribution in [0.25, 0.3) is 0 Å². The van der Waals surface area contributed by atoms with Crippen molar-refractivity contribution in [2.75, 3.05) is 42.5 Å². The van der Waals surface area contributed by atoms with Crippen LogP contribution >= 0.6 is 11.3 Å². The maximum atomic E-state index is 13.0. The molecule has 0 spiro atoms. The summed E-state index contributed by atoms with van der Waals surface area (Å²) < 4.78 is 0. The van der Waals surface area contributed by atoms with Gasteiger partial charge in [0.1, 0.15) is 4.88 Å². The number of carboxylic acids is 1. The molecule has 8 nitrogen and oxygen atoms in total. The molecule has 3 aliphatic heterocycles. The summed E-state index contributed by atoms with van der Waals surface area (Å²) >= 11 is 1.34. The Morgan fingerprint density at radius 1 is 1.04 bits per heavy atom. The van der Waals surface area contributed by atoms with Gasteiger partial charge in [0.15, 0.2) is 10.9 Å². The third-order valence-corrected chi connectivity index (χ3v) is 6.72. The number of carbonyl (C=O) groups is 3. The molecule has 146 valence electrons. The van der Waals surface area contributed by atoms with E-state index in [1.165, 1.54) is 11.3 Å². The summed E-state index contributed by atoms with van der Waals surface area (Å²) in [6, 6.07) is 0. The SMILES string of the molecule is O=C(O)C1CCN(c2nc(N3CCCC3=O)c(C(=O)N3CCCC3)s2)CC1. The lowest BCUT2D eigenvalue weighted by Gasteiger charge is -2.29. The van der Waals surface area contributed by atoms with Gasteiger partial charge in [-0.3, -0.25) is 19.3 Å². The zero-order chi connectivity index (χ0) is 19.0. The van der Waals surface area contributed by atoms with E-state index >= 15 is 0 Å². The maximum absolute atomic E-state index is 13.0. The number of carbonyl (C=O) groups excluding carboxylic acids is 2. The molecule has 2 amide bonds. The van der Waals surface area contributed by atoms with E-state index in [9.17, 15) is 19.5 Å². The van der Waals surface area contributed by atoms with Gasteiger partial charge >= 0.3 is 5.97 Å². The minimum absolute atomic E-state index is 0.0203. The number of nitrogens with zero attached hydrogens (tertiary/aromatic N) is 4. The second kappa shape index (κ2) is 7.46. The van der Waals surface area contributed by atoms with Gasteiger partial charge in [0, 0.05) is 39.1 Å². The number of aromatic nitrogens is 1. The zero-order valence-corrected chi connectivity index (χ0v) is 16.0. The second-order valence-electron chi connectivity index (χ2n) is 7.40. The minimum atomic E-state index is -0.748. The summed E-state index contributed by atoms with van der Waals surface area (Å²) in [6.45, 7) is 3.32. The zero-order valence-electron chi connectivity index (χ0n) is 15.2. The molecule has 1 aromatic heterocycles. The monoisotopic (exact) mass is 392 g/mol. The molecule has 1 aromatic rings. The van der Waals surface area contributed by atoms with Crippen molar-refractivity contribution in [1.82, 2.24) is 9.88 Å². The summed E-state index contributed by atoms with van der Waals surface area (Å²) in [5.41, 5.74) is 0. The van der Waals surface area contributed by atoms with Crippen LogP contribution in [-0.2, 0) is 9.59 Å². The average molecular weight is 392 g/mol. The van der Waals surface area contributed by atoms with Gasteiger partial charge < -0.3 is 14.9 Å². The first kappa shape index (κ1) is 18.2. The van der Waals surface area contributed by atoms with Gasteiger partial charge in [0.25, 0.3) is 5.91 Å². The van der Waals surface area contributed by atoms with E-state index in [-0.39, 0.29) is 17.7 Å². The Balaban J connectivity index is 1.60. The quantitative estimate of drug-likeness (QED) is 0.840. The predicted octanol–water partition coefficient (Wildman–Crippen LogP) is 1.81. The molecule has 4 heterocycles. The van der Waals surface area contributed by atoms with E-state index in [1.54, 1.807) is 4.90 Å². The van der Waals surface area contributed by atoms with Gasteiger partial charge in [-0.1, -0.05) is 11.3 Å². The van der Waals surface area contributed by atoms with Crippen LogP contribution in [0.1, 0.15) is 48.2 Å². The van der Waals surface area contributed by atoms with E-state index in [0.29, 0.717) is 49.6 Å². The minimum Gasteiger partial charge on any atom is -0.481 e. The smallest absolute Gasteiger partial charge is 0.306 e. The number of carboxylic acid groups (broad SMARTS) is 1. The summed E-state index contributed by atoms with van der Waals surface area (Å²) in [5.74, 6) is -0.582. The number of likely N-dealkylation sites (tertiary alicyclic amines) is 1. The lowest BCUT2D eigenvalue weighted by molar-refractivity contribution is -0.142. The topological polar surface area (TPSA) is 94.0 Å². The highest BCUT2D eigenvalue weighted by Gasteiger charge is 2.34. The summed E-state index contributed by atoms with van der Waals surface area (Å²) in [5, 5.41) is 9.90. The molecule has 0 aliphatic carbocycles. The van der Waals surface area contributed by atoms with Crippen molar-refractivity contribution in [3.05, 3.63) is 4.88 Å². The third-order valence-electron chi connectivity index (χ3n) is 5.63. The Labute approximate surface area is 161 Å². The second-order valence-corrected chi connectivity index (χ2v) is 8.37. The molecule has 3 saturated heterocycles. The number of piperidine rings is 1. The van der Waals surface area contributed by atoms with E-state index in [0.717, 1.165) is 37.5 Å². The van der Waals surface area contributed by atoms with E-state index in [1.807, 2.05) is 4.90 Å². The normalized spacial score (nSPS) is 21.3. The van der Waals surface area contributed by atoms with Crippen molar-refractivity contribution in [3.63, 3.8) is 0 Å². The van der Waals surface area contributed by atoms with Crippen LogP contribution in [0.15, 0.2) is 0 Å². The summed E-state index contributed by atoms with van der Waals surface area (Å²) in [7, 11) is 0. The number of thiazole rings is 1. The Morgan fingerprint density at radius 3 is 2.33 bits per heavy atom. The lowest BCUT2D eigenvalue weighted by Crippen LogP contribution is -2.36. The average Bonchev–Trinajstić information content (AvgIpc) is 3.41. The van der Waals surface area contributed by atoms with E-state index in [2.05, 4.69) is 9.88 Å². The molecular weight excluding hydrogens is 368 g/mol. The lowest BCUT2D eigenvalue weighted by atomic mass is 9.98. The highest BCUT2D eigenvalue weighted by molar-refractivity contribution is 7.18. The van der Waals surface area contributed by atoms with Crippen LogP contribution in [0.2, 0.25) is 0 Å². The maximum Gasteiger partial charge on any atom is 0.306 e. The molecule has 0 bridgehead atoms. The van der Waals surface area contributed by atoms with Crippen molar-refractivity contribution in [3.8, 4) is 0 Å². The molecule has 0 atom stereocenters.